The van der Waals surface area contributed by atoms with Gasteiger partial charge in [-0.25, -0.2) is 8.42 Å². The van der Waals surface area contributed by atoms with Crippen molar-refractivity contribution in [2.75, 3.05) is 19.5 Å². The Hall–Kier alpha value is -2.67. The van der Waals surface area contributed by atoms with E-state index in [1.807, 2.05) is 30.3 Å². The molecule has 0 aromatic heterocycles. The van der Waals surface area contributed by atoms with E-state index in [4.69, 9.17) is 15.9 Å². The second kappa shape index (κ2) is 20.3. The lowest BCUT2D eigenvalue weighted by Crippen LogP contribution is -2.05. The number of nitrogens with zero attached hydrogens (tertiary/aromatic N) is 2. The van der Waals surface area contributed by atoms with Gasteiger partial charge in [0.1, 0.15) is 5.75 Å². The van der Waals surface area contributed by atoms with E-state index in [-0.39, 0.29) is 6.61 Å². The number of nitrogen functional groups attached to an aromatic ring is 1. The predicted molar refractivity (Wildman–Crippen MR) is 154 cm³/mol. The monoisotopic (exact) mass is 547 g/mol. The standard InChI is InChI=1S/C16H34O4S.C13H12N3O/c1-2-3-4-5-6-7-8-9-10-11-12-13-14-15-16-20-21(17,18)19;1-17-13-8-9(6-7-11(13)14)10-4-2-3-5-12(10)16-15/h2-16H2,1H3,(H,17,18,19);2-8H,14H2,1H3/q;+1/p-1. The summed E-state index contributed by atoms with van der Waals surface area (Å²) in [6.45, 7) is 2.28. The Kier molecular flexibility index (Phi) is 17.8. The maximum atomic E-state index is 10.2. The normalized spacial score (nSPS) is 10.9. The Morgan fingerprint density at radius 3 is 1.87 bits per heavy atom. The van der Waals surface area contributed by atoms with Crippen LogP contribution in [0.2, 0.25) is 0 Å². The topological polar surface area (TPSA) is 130 Å². The van der Waals surface area contributed by atoms with Gasteiger partial charge in [-0.3, -0.25) is 4.18 Å². The van der Waals surface area contributed by atoms with Crippen molar-refractivity contribution in [3.05, 3.63) is 47.4 Å². The van der Waals surface area contributed by atoms with Crippen LogP contribution in [0.1, 0.15) is 96.8 Å². The fourth-order valence-electron chi connectivity index (χ4n) is 4.14. The number of unbranched alkanes of at least 4 members (excludes halogenated alkanes) is 13. The van der Waals surface area contributed by atoms with Crippen LogP contribution in [-0.2, 0) is 14.6 Å². The summed E-state index contributed by atoms with van der Waals surface area (Å²) in [5.41, 5.74) is 8.56. The zero-order valence-corrected chi connectivity index (χ0v) is 23.9. The van der Waals surface area contributed by atoms with Crippen molar-refractivity contribution in [1.29, 1.82) is 5.39 Å². The van der Waals surface area contributed by atoms with Gasteiger partial charge in [0.05, 0.1) is 25.0 Å². The largest absolute Gasteiger partial charge is 0.726 e. The van der Waals surface area contributed by atoms with Crippen LogP contribution in [0.5, 0.6) is 5.75 Å². The van der Waals surface area contributed by atoms with Crippen molar-refractivity contribution < 1.29 is 21.9 Å². The molecule has 0 unspecified atom stereocenters. The summed E-state index contributed by atoms with van der Waals surface area (Å²) in [6, 6.07) is 12.8. The number of hydrogen-bond acceptors (Lipinski definition) is 7. The highest BCUT2D eigenvalue weighted by molar-refractivity contribution is 7.80. The highest BCUT2D eigenvalue weighted by Crippen LogP contribution is 2.34. The van der Waals surface area contributed by atoms with Crippen LogP contribution < -0.4 is 10.5 Å². The molecule has 212 valence electrons. The summed E-state index contributed by atoms with van der Waals surface area (Å²) in [5, 5.41) is 8.93. The Labute approximate surface area is 229 Å². The zero-order valence-electron chi connectivity index (χ0n) is 23.1. The first-order valence-corrected chi connectivity index (χ1v) is 15.1. The molecule has 2 N–H and O–H groups in total. The first kappa shape index (κ1) is 33.4. The number of benzene rings is 2. The molecule has 0 heterocycles. The van der Waals surface area contributed by atoms with Crippen LogP contribution in [0.3, 0.4) is 0 Å². The van der Waals surface area contributed by atoms with Crippen molar-refractivity contribution >= 4 is 21.8 Å². The molecule has 0 aliphatic heterocycles. The van der Waals surface area contributed by atoms with Crippen molar-refractivity contribution in [3.8, 4) is 16.9 Å². The van der Waals surface area contributed by atoms with Gasteiger partial charge < -0.3 is 15.0 Å². The second-order valence-corrected chi connectivity index (χ2v) is 10.5. The molecule has 2 aromatic carbocycles. The molecule has 0 fully saturated rings. The lowest BCUT2D eigenvalue weighted by Gasteiger charge is -2.07. The van der Waals surface area contributed by atoms with E-state index in [2.05, 4.69) is 16.1 Å². The van der Waals surface area contributed by atoms with Gasteiger partial charge in [0.15, 0.2) is 4.98 Å². The lowest BCUT2D eigenvalue weighted by molar-refractivity contribution is 0.255. The third kappa shape index (κ3) is 15.6. The minimum absolute atomic E-state index is 0.0316. The first-order valence-electron chi connectivity index (χ1n) is 13.8. The average Bonchev–Trinajstić information content (AvgIpc) is 2.91. The maximum Gasteiger partial charge on any atom is 0.392 e. The Morgan fingerprint density at radius 2 is 1.37 bits per heavy atom. The molecule has 0 bridgehead atoms. The average molecular weight is 548 g/mol. The molecule has 2 aromatic rings. The summed E-state index contributed by atoms with van der Waals surface area (Å²) in [4.78, 5) is 3.25. The van der Waals surface area contributed by atoms with Gasteiger partial charge in [0.25, 0.3) is 0 Å². The molecular weight excluding hydrogens is 502 g/mol. The molecule has 2 rings (SSSR count). The van der Waals surface area contributed by atoms with Gasteiger partial charge in [0, 0.05) is 6.07 Å². The van der Waals surface area contributed by atoms with E-state index < -0.39 is 10.4 Å². The highest BCUT2D eigenvalue weighted by atomic mass is 32.3. The molecule has 0 amide bonds. The summed E-state index contributed by atoms with van der Waals surface area (Å²) in [7, 11) is -2.92. The minimum Gasteiger partial charge on any atom is -0.726 e. The summed E-state index contributed by atoms with van der Waals surface area (Å²) in [5.74, 6) is 0.607. The molecular formula is C29H45N3O5S. The van der Waals surface area contributed by atoms with Gasteiger partial charge in [-0.1, -0.05) is 109 Å². The van der Waals surface area contributed by atoms with Crippen LogP contribution in [-0.4, -0.2) is 26.7 Å². The van der Waals surface area contributed by atoms with Crippen molar-refractivity contribution in [3.63, 3.8) is 0 Å². The van der Waals surface area contributed by atoms with E-state index in [1.54, 1.807) is 19.2 Å². The van der Waals surface area contributed by atoms with Crippen molar-refractivity contribution in [2.45, 2.75) is 96.8 Å². The van der Waals surface area contributed by atoms with Crippen molar-refractivity contribution in [1.82, 2.24) is 0 Å². The maximum absolute atomic E-state index is 10.2. The molecule has 0 aliphatic carbocycles. The van der Waals surface area contributed by atoms with E-state index in [0.717, 1.165) is 24.0 Å². The number of methoxy groups -OCH3 is 1. The summed E-state index contributed by atoms with van der Waals surface area (Å²) < 4.78 is 39.9. The third-order valence-corrected chi connectivity index (χ3v) is 6.74. The smallest absolute Gasteiger partial charge is 0.392 e. The van der Waals surface area contributed by atoms with Gasteiger partial charge in [-0.05, 0) is 30.2 Å². The molecule has 8 nitrogen and oxygen atoms in total. The van der Waals surface area contributed by atoms with Gasteiger partial charge in [0.2, 0.25) is 15.8 Å². The van der Waals surface area contributed by atoms with E-state index in [0.29, 0.717) is 23.5 Å². The molecule has 0 spiro atoms. The number of anilines is 1. The molecule has 0 aliphatic rings. The highest BCUT2D eigenvalue weighted by Gasteiger charge is 2.15. The predicted octanol–water partition coefficient (Wildman–Crippen LogP) is 8.37. The SMILES string of the molecule is CCCCCCCCCCCCCCCCOS(=O)(=O)[O-].COc1cc(-c2ccccc2[N+]#N)ccc1N. The fourth-order valence-corrected chi connectivity index (χ4v) is 4.46. The van der Waals surface area contributed by atoms with Gasteiger partial charge >= 0.3 is 5.69 Å². The Morgan fingerprint density at radius 1 is 0.842 bits per heavy atom. The molecule has 0 saturated carbocycles. The number of ether oxygens (including phenoxy) is 1. The minimum atomic E-state index is -4.49. The Bertz CT molecular complexity index is 1050. The van der Waals surface area contributed by atoms with Crippen LogP contribution in [0.4, 0.5) is 11.4 Å². The molecule has 38 heavy (non-hydrogen) atoms. The van der Waals surface area contributed by atoms with Crippen LogP contribution >= 0.6 is 0 Å². The number of hydrogen-bond donors (Lipinski definition) is 1. The van der Waals surface area contributed by atoms with Crippen molar-refractivity contribution in [2.24, 2.45) is 0 Å². The molecule has 0 saturated heterocycles. The van der Waals surface area contributed by atoms with Gasteiger partial charge in [-0.15, -0.1) is 0 Å². The van der Waals surface area contributed by atoms with Gasteiger partial charge in [-0.2, -0.15) is 0 Å². The van der Waals surface area contributed by atoms with E-state index in [9.17, 15) is 13.0 Å². The van der Waals surface area contributed by atoms with Crippen LogP contribution in [0.15, 0.2) is 42.5 Å². The second-order valence-electron chi connectivity index (χ2n) is 9.40. The summed E-state index contributed by atoms with van der Waals surface area (Å²) in [6.07, 6.45) is 17.4. The van der Waals surface area contributed by atoms with Crippen LogP contribution in [0, 0.1) is 5.39 Å². The third-order valence-electron chi connectivity index (χ3n) is 6.28. The quantitative estimate of drug-likeness (QED) is 0.0652. The summed E-state index contributed by atoms with van der Waals surface area (Å²) >= 11 is 0. The number of nitrogens with two attached hydrogens (primary N) is 1. The first-order chi connectivity index (χ1) is 18.3. The van der Waals surface area contributed by atoms with Crippen LogP contribution in [0.25, 0.3) is 16.1 Å². The number of diazo groups is 1. The molecule has 0 radical (unpaired) electrons. The Balaban J connectivity index is 0.000000386. The fraction of sp³-hybridized carbons (Fsp3) is 0.586. The van der Waals surface area contributed by atoms with E-state index >= 15 is 0 Å². The zero-order chi connectivity index (χ0) is 28.1. The van der Waals surface area contributed by atoms with E-state index in [1.165, 1.54) is 70.6 Å². The molecule has 9 heteroatoms. The number of rotatable bonds is 18. The molecule has 0 atom stereocenters. The lowest BCUT2D eigenvalue weighted by atomic mass is 10.0.